The Morgan fingerprint density at radius 1 is 1.24 bits per heavy atom. The van der Waals surface area contributed by atoms with Gasteiger partial charge in [0.05, 0.1) is 5.56 Å². The number of hydrogen-bond donors (Lipinski definition) is 3. The van der Waals surface area contributed by atoms with E-state index in [1.807, 2.05) is 26.1 Å². The lowest BCUT2D eigenvalue weighted by Gasteiger charge is -2.16. The van der Waals surface area contributed by atoms with Gasteiger partial charge in [-0.15, -0.1) is 0 Å². The van der Waals surface area contributed by atoms with Crippen molar-refractivity contribution in [3.63, 3.8) is 0 Å². The number of anilines is 1. The highest BCUT2D eigenvalue weighted by Gasteiger charge is 2.15. The lowest BCUT2D eigenvalue weighted by Crippen LogP contribution is -2.18. The summed E-state index contributed by atoms with van der Waals surface area (Å²) in [5.41, 5.74) is 1.42. The monoisotopic (exact) mass is 288 g/mol. The minimum Gasteiger partial charge on any atom is -0.508 e. The van der Waals surface area contributed by atoms with E-state index in [9.17, 15) is 14.3 Å². The van der Waals surface area contributed by atoms with Gasteiger partial charge in [0.1, 0.15) is 11.6 Å². The summed E-state index contributed by atoms with van der Waals surface area (Å²) in [7, 11) is 1.82. The van der Waals surface area contributed by atoms with Crippen molar-refractivity contribution in [3.05, 3.63) is 59.4 Å². The molecule has 110 valence electrons. The molecule has 4 nitrogen and oxygen atoms in total. The number of hydrogen-bond acceptors (Lipinski definition) is 3. The van der Waals surface area contributed by atoms with Crippen LogP contribution in [0.3, 0.4) is 0 Å². The smallest absolute Gasteiger partial charge is 0.258 e. The fraction of sp³-hybridized carbons (Fsp3) is 0.188. The Kier molecular flexibility index (Phi) is 4.55. The number of phenols is 1. The Labute approximate surface area is 122 Å². The van der Waals surface area contributed by atoms with Gasteiger partial charge in [0, 0.05) is 17.8 Å². The van der Waals surface area contributed by atoms with Crippen LogP contribution in [-0.4, -0.2) is 18.1 Å². The summed E-state index contributed by atoms with van der Waals surface area (Å²) in [5, 5.41) is 15.0. The summed E-state index contributed by atoms with van der Waals surface area (Å²) in [6.07, 6.45) is 0. The van der Waals surface area contributed by atoms with Crippen molar-refractivity contribution in [2.24, 2.45) is 0 Å². The molecule has 1 atom stereocenters. The van der Waals surface area contributed by atoms with Crippen LogP contribution in [0.15, 0.2) is 42.5 Å². The molecule has 1 unspecified atom stereocenters. The molecule has 0 aliphatic rings. The van der Waals surface area contributed by atoms with Crippen LogP contribution in [0.1, 0.15) is 28.9 Å². The third-order valence-electron chi connectivity index (χ3n) is 3.31. The summed E-state index contributed by atoms with van der Waals surface area (Å²) in [5.74, 6) is -1.52. The van der Waals surface area contributed by atoms with Crippen molar-refractivity contribution < 1.29 is 14.3 Å². The molecule has 0 fully saturated rings. The number of carbonyl (C=O) groups is 1. The molecular weight excluding hydrogens is 271 g/mol. The molecule has 21 heavy (non-hydrogen) atoms. The van der Waals surface area contributed by atoms with E-state index in [1.165, 1.54) is 12.1 Å². The highest BCUT2D eigenvalue weighted by molar-refractivity contribution is 6.05. The molecule has 0 saturated heterocycles. The zero-order valence-electron chi connectivity index (χ0n) is 11.9. The Hall–Kier alpha value is -2.40. The average Bonchev–Trinajstić information content (AvgIpc) is 2.46. The Bertz CT molecular complexity index is 658. The summed E-state index contributed by atoms with van der Waals surface area (Å²) in [6.45, 7) is 1.96. The maximum atomic E-state index is 13.7. The molecule has 0 aliphatic carbocycles. The van der Waals surface area contributed by atoms with E-state index in [0.29, 0.717) is 5.69 Å². The van der Waals surface area contributed by atoms with Gasteiger partial charge >= 0.3 is 0 Å². The highest BCUT2D eigenvalue weighted by atomic mass is 19.1. The van der Waals surface area contributed by atoms with Crippen LogP contribution in [-0.2, 0) is 0 Å². The molecule has 2 aromatic rings. The van der Waals surface area contributed by atoms with Crippen LogP contribution in [0.5, 0.6) is 5.75 Å². The first kappa shape index (κ1) is 15.0. The molecule has 0 saturated carbocycles. The largest absolute Gasteiger partial charge is 0.508 e. The van der Waals surface area contributed by atoms with Crippen LogP contribution in [0.25, 0.3) is 0 Å². The van der Waals surface area contributed by atoms with Crippen LogP contribution in [0, 0.1) is 5.82 Å². The van der Waals surface area contributed by atoms with Gasteiger partial charge in [-0.25, -0.2) is 4.39 Å². The number of para-hydroxylation sites is 1. The van der Waals surface area contributed by atoms with Crippen LogP contribution in [0.2, 0.25) is 0 Å². The van der Waals surface area contributed by atoms with Gasteiger partial charge < -0.3 is 15.7 Å². The van der Waals surface area contributed by atoms with Crippen molar-refractivity contribution in [2.45, 2.75) is 13.0 Å². The van der Waals surface area contributed by atoms with Crippen LogP contribution >= 0.6 is 0 Å². The van der Waals surface area contributed by atoms with Gasteiger partial charge in [0.25, 0.3) is 5.91 Å². The SMILES string of the molecule is CNC(C)c1ccccc1NC(=O)c1ccc(O)cc1F. The number of rotatable bonds is 4. The lowest BCUT2D eigenvalue weighted by molar-refractivity contribution is 0.102. The molecule has 0 heterocycles. The molecular formula is C16H17FN2O2. The molecule has 0 bridgehead atoms. The number of amides is 1. The van der Waals surface area contributed by atoms with E-state index in [1.54, 1.807) is 12.1 Å². The molecule has 3 N–H and O–H groups in total. The maximum absolute atomic E-state index is 13.7. The molecule has 0 spiro atoms. The minimum absolute atomic E-state index is 0.0474. The van der Waals surface area contributed by atoms with E-state index in [-0.39, 0.29) is 17.4 Å². The number of aromatic hydroxyl groups is 1. The first-order valence-corrected chi connectivity index (χ1v) is 6.59. The van der Waals surface area contributed by atoms with Gasteiger partial charge in [-0.3, -0.25) is 4.79 Å². The first-order chi connectivity index (χ1) is 10.0. The van der Waals surface area contributed by atoms with Gasteiger partial charge in [0.15, 0.2) is 0 Å². The molecule has 0 aliphatic heterocycles. The topological polar surface area (TPSA) is 61.4 Å². The van der Waals surface area contributed by atoms with E-state index in [0.717, 1.165) is 11.6 Å². The second kappa shape index (κ2) is 6.37. The third-order valence-corrected chi connectivity index (χ3v) is 3.31. The standard InChI is InChI=1S/C16H17FN2O2/c1-10(18-2)12-5-3-4-6-15(12)19-16(21)13-8-7-11(20)9-14(13)17/h3-10,18,20H,1-2H3,(H,19,21). The zero-order valence-corrected chi connectivity index (χ0v) is 11.9. The Morgan fingerprint density at radius 2 is 1.95 bits per heavy atom. The maximum Gasteiger partial charge on any atom is 0.258 e. The summed E-state index contributed by atoms with van der Waals surface area (Å²) in [6, 6.07) is 10.8. The molecule has 0 radical (unpaired) electrons. The molecule has 0 aromatic heterocycles. The highest BCUT2D eigenvalue weighted by Crippen LogP contribution is 2.23. The van der Waals surface area contributed by atoms with Crippen molar-refractivity contribution in [3.8, 4) is 5.75 Å². The fourth-order valence-corrected chi connectivity index (χ4v) is 2.02. The molecule has 2 aromatic carbocycles. The van der Waals surface area contributed by atoms with E-state index in [2.05, 4.69) is 10.6 Å². The predicted molar refractivity (Wildman–Crippen MR) is 79.9 cm³/mol. The van der Waals surface area contributed by atoms with Crippen LogP contribution in [0.4, 0.5) is 10.1 Å². The molecule has 5 heteroatoms. The number of halogens is 1. The second-order valence-corrected chi connectivity index (χ2v) is 4.72. The van der Waals surface area contributed by atoms with Gasteiger partial charge in [-0.1, -0.05) is 18.2 Å². The minimum atomic E-state index is -0.758. The molecule has 2 rings (SSSR count). The van der Waals surface area contributed by atoms with Crippen molar-refractivity contribution in [2.75, 3.05) is 12.4 Å². The zero-order chi connectivity index (χ0) is 15.4. The third kappa shape index (κ3) is 3.38. The number of carbonyl (C=O) groups excluding carboxylic acids is 1. The quantitative estimate of drug-likeness (QED) is 0.810. The average molecular weight is 288 g/mol. The predicted octanol–water partition coefficient (Wildman–Crippen LogP) is 3.06. The van der Waals surface area contributed by atoms with E-state index >= 15 is 0 Å². The number of benzene rings is 2. The summed E-state index contributed by atoms with van der Waals surface area (Å²) in [4.78, 5) is 12.2. The normalized spacial score (nSPS) is 12.0. The fourth-order valence-electron chi connectivity index (χ4n) is 2.02. The van der Waals surface area contributed by atoms with Gasteiger partial charge in [-0.05, 0) is 37.7 Å². The van der Waals surface area contributed by atoms with Crippen LogP contribution < -0.4 is 10.6 Å². The van der Waals surface area contributed by atoms with Gasteiger partial charge in [0.2, 0.25) is 0 Å². The van der Waals surface area contributed by atoms with Crippen molar-refractivity contribution in [1.29, 1.82) is 0 Å². The number of nitrogens with one attached hydrogen (secondary N) is 2. The van der Waals surface area contributed by atoms with Crippen molar-refractivity contribution >= 4 is 11.6 Å². The van der Waals surface area contributed by atoms with Crippen molar-refractivity contribution in [1.82, 2.24) is 5.32 Å². The Morgan fingerprint density at radius 3 is 2.62 bits per heavy atom. The molecule has 1 amide bonds. The van der Waals surface area contributed by atoms with Gasteiger partial charge in [-0.2, -0.15) is 0 Å². The van der Waals surface area contributed by atoms with E-state index in [4.69, 9.17) is 0 Å². The number of phenolic OH excluding ortho intramolecular Hbond substituents is 1. The Balaban J connectivity index is 2.28. The first-order valence-electron chi connectivity index (χ1n) is 6.59. The summed E-state index contributed by atoms with van der Waals surface area (Å²) >= 11 is 0. The summed E-state index contributed by atoms with van der Waals surface area (Å²) < 4.78 is 13.7. The van der Waals surface area contributed by atoms with E-state index < -0.39 is 11.7 Å². The second-order valence-electron chi connectivity index (χ2n) is 4.72. The lowest BCUT2D eigenvalue weighted by atomic mass is 10.1.